The molecule has 2 aromatic heterocycles. The first-order valence-corrected chi connectivity index (χ1v) is 7.04. The molecule has 0 aromatic carbocycles. The number of imidazole rings is 1. The lowest BCUT2D eigenvalue weighted by Gasteiger charge is -2.23. The summed E-state index contributed by atoms with van der Waals surface area (Å²) in [6.45, 7) is 3.59. The van der Waals surface area contributed by atoms with Crippen LogP contribution in [0.1, 0.15) is 26.2 Å². The maximum atomic E-state index is 8.85. The van der Waals surface area contributed by atoms with Gasteiger partial charge in [-0.05, 0) is 19.8 Å². The van der Waals surface area contributed by atoms with Gasteiger partial charge in [0.25, 0.3) is 0 Å². The van der Waals surface area contributed by atoms with Gasteiger partial charge in [-0.25, -0.2) is 9.97 Å². The molecule has 0 unspecified atom stereocenters. The average Bonchev–Trinajstić information content (AvgIpc) is 3.17. The maximum Gasteiger partial charge on any atom is 0.180 e. The van der Waals surface area contributed by atoms with Crippen LogP contribution >= 0.6 is 0 Å². The van der Waals surface area contributed by atoms with E-state index in [-0.39, 0.29) is 0 Å². The lowest BCUT2D eigenvalue weighted by atomic mass is 10.3. The van der Waals surface area contributed by atoms with E-state index in [1.165, 1.54) is 12.8 Å². The normalized spacial score (nSPS) is 14.2. The molecule has 20 heavy (non-hydrogen) atoms. The Hall–Kier alpha value is -2.29. The van der Waals surface area contributed by atoms with Crippen molar-refractivity contribution in [1.82, 2.24) is 14.4 Å². The van der Waals surface area contributed by atoms with Gasteiger partial charge in [0, 0.05) is 31.5 Å². The zero-order valence-electron chi connectivity index (χ0n) is 11.6. The van der Waals surface area contributed by atoms with Crippen molar-refractivity contribution in [3.8, 4) is 6.07 Å². The Morgan fingerprint density at radius 1 is 1.55 bits per heavy atom. The van der Waals surface area contributed by atoms with Crippen molar-refractivity contribution >= 4 is 17.3 Å². The average molecular weight is 270 g/mol. The van der Waals surface area contributed by atoms with E-state index >= 15 is 0 Å². The van der Waals surface area contributed by atoms with Gasteiger partial charge in [-0.1, -0.05) is 0 Å². The summed E-state index contributed by atoms with van der Waals surface area (Å²) in [6.07, 6.45) is 8.51. The second-order valence-corrected chi connectivity index (χ2v) is 4.97. The van der Waals surface area contributed by atoms with E-state index in [4.69, 9.17) is 10.2 Å². The molecule has 0 radical (unpaired) electrons. The van der Waals surface area contributed by atoms with Crippen LogP contribution in [-0.4, -0.2) is 33.5 Å². The standard InChI is InChI=1S/C14H18N6/c1-2-16-12-10-19-9-7-17-13(19)14(18-12)20(8-3-6-15)11-4-5-11/h7,9-11,16H,2-5,8H2,1H3. The molecule has 2 heterocycles. The lowest BCUT2D eigenvalue weighted by molar-refractivity contribution is 0.777. The lowest BCUT2D eigenvalue weighted by Crippen LogP contribution is -2.28. The SMILES string of the molecule is CCNc1cn2ccnc2c(N(CCC#N)C2CC2)n1. The quantitative estimate of drug-likeness (QED) is 0.870. The summed E-state index contributed by atoms with van der Waals surface area (Å²) in [7, 11) is 0. The molecule has 6 nitrogen and oxygen atoms in total. The maximum absolute atomic E-state index is 8.85. The Morgan fingerprint density at radius 3 is 3.10 bits per heavy atom. The minimum atomic E-state index is 0.508. The third kappa shape index (κ3) is 2.39. The van der Waals surface area contributed by atoms with Crippen LogP contribution in [0.25, 0.3) is 5.65 Å². The Labute approximate surface area is 118 Å². The number of rotatable bonds is 6. The van der Waals surface area contributed by atoms with Crippen LogP contribution in [0, 0.1) is 11.3 Å². The molecule has 104 valence electrons. The van der Waals surface area contributed by atoms with Crippen molar-refractivity contribution in [1.29, 1.82) is 5.26 Å². The van der Waals surface area contributed by atoms with E-state index in [0.29, 0.717) is 19.0 Å². The zero-order valence-corrected chi connectivity index (χ0v) is 11.6. The molecule has 1 aliphatic rings. The van der Waals surface area contributed by atoms with Crippen LogP contribution in [0.5, 0.6) is 0 Å². The first kappa shape index (κ1) is 12.7. The molecule has 0 atom stereocenters. The van der Waals surface area contributed by atoms with Gasteiger partial charge in [0.1, 0.15) is 5.82 Å². The fraction of sp³-hybridized carbons (Fsp3) is 0.500. The van der Waals surface area contributed by atoms with Gasteiger partial charge in [0.05, 0.1) is 18.7 Å². The van der Waals surface area contributed by atoms with E-state index in [1.807, 2.05) is 23.7 Å². The first-order chi connectivity index (χ1) is 9.83. The molecular formula is C14H18N6. The highest BCUT2D eigenvalue weighted by atomic mass is 15.3. The van der Waals surface area contributed by atoms with Crippen molar-refractivity contribution < 1.29 is 0 Å². The number of nitrogens with one attached hydrogen (secondary N) is 1. The molecule has 0 amide bonds. The van der Waals surface area contributed by atoms with Gasteiger partial charge in [0.15, 0.2) is 11.5 Å². The van der Waals surface area contributed by atoms with Crippen LogP contribution in [0.15, 0.2) is 18.6 Å². The third-order valence-electron chi connectivity index (χ3n) is 3.44. The molecule has 3 rings (SSSR count). The second kappa shape index (κ2) is 5.37. The highest BCUT2D eigenvalue weighted by molar-refractivity contribution is 5.67. The molecule has 0 bridgehead atoms. The van der Waals surface area contributed by atoms with Gasteiger partial charge in [-0.2, -0.15) is 5.26 Å². The molecule has 0 saturated heterocycles. The second-order valence-electron chi connectivity index (χ2n) is 4.97. The van der Waals surface area contributed by atoms with Gasteiger partial charge in [-0.15, -0.1) is 0 Å². The largest absolute Gasteiger partial charge is 0.369 e. The molecule has 1 saturated carbocycles. The predicted molar refractivity (Wildman–Crippen MR) is 77.7 cm³/mol. The smallest absolute Gasteiger partial charge is 0.180 e. The fourth-order valence-corrected chi connectivity index (χ4v) is 2.39. The summed E-state index contributed by atoms with van der Waals surface area (Å²) in [5.41, 5.74) is 0.858. The molecule has 0 spiro atoms. The molecule has 1 aliphatic carbocycles. The summed E-state index contributed by atoms with van der Waals surface area (Å²) in [5, 5.41) is 12.1. The first-order valence-electron chi connectivity index (χ1n) is 7.04. The Balaban J connectivity index is 2.02. The number of hydrogen-bond acceptors (Lipinski definition) is 5. The highest BCUT2D eigenvalue weighted by Gasteiger charge is 2.31. The number of aromatic nitrogens is 3. The fourth-order valence-electron chi connectivity index (χ4n) is 2.39. The Morgan fingerprint density at radius 2 is 2.40 bits per heavy atom. The van der Waals surface area contributed by atoms with Crippen molar-refractivity contribution in [2.24, 2.45) is 0 Å². The monoisotopic (exact) mass is 270 g/mol. The molecule has 1 fully saturated rings. The summed E-state index contributed by atoms with van der Waals surface area (Å²) >= 11 is 0. The highest BCUT2D eigenvalue weighted by Crippen LogP contribution is 2.33. The zero-order chi connectivity index (χ0) is 13.9. The molecule has 0 aliphatic heterocycles. The topological polar surface area (TPSA) is 69.2 Å². The van der Waals surface area contributed by atoms with E-state index in [1.54, 1.807) is 6.20 Å². The van der Waals surface area contributed by atoms with Gasteiger partial charge < -0.3 is 14.6 Å². The van der Waals surface area contributed by atoms with Crippen LogP contribution in [0.2, 0.25) is 0 Å². The minimum Gasteiger partial charge on any atom is -0.369 e. The number of hydrogen-bond donors (Lipinski definition) is 1. The van der Waals surface area contributed by atoms with Crippen LogP contribution < -0.4 is 10.2 Å². The summed E-state index contributed by atoms with van der Waals surface area (Å²) in [6, 6.07) is 2.73. The van der Waals surface area contributed by atoms with E-state index in [0.717, 1.165) is 23.8 Å². The van der Waals surface area contributed by atoms with Crippen LogP contribution in [0.3, 0.4) is 0 Å². The summed E-state index contributed by atoms with van der Waals surface area (Å²) in [4.78, 5) is 11.3. The number of anilines is 2. The molecular weight excluding hydrogens is 252 g/mol. The van der Waals surface area contributed by atoms with Crippen molar-refractivity contribution in [2.75, 3.05) is 23.3 Å². The van der Waals surface area contributed by atoms with E-state index < -0.39 is 0 Å². The molecule has 6 heteroatoms. The van der Waals surface area contributed by atoms with Crippen molar-refractivity contribution in [3.63, 3.8) is 0 Å². The number of nitriles is 1. The van der Waals surface area contributed by atoms with Crippen molar-refractivity contribution in [2.45, 2.75) is 32.2 Å². The number of fused-ring (bicyclic) bond motifs is 1. The van der Waals surface area contributed by atoms with E-state index in [2.05, 4.69) is 21.3 Å². The molecule has 1 N–H and O–H groups in total. The van der Waals surface area contributed by atoms with Crippen molar-refractivity contribution in [3.05, 3.63) is 18.6 Å². The van der Waals surface area contributed by atoms with Gasteiger partial charge >= 0.3 is 0 Å². The summed E-state index contributed by atoms with van der Waals surface area (Å²) in [5.74, 6) is 1.72. The van der Waals surface area contributed by atoms with Crippen LogP contribution in [-0.2, 0) is 0 Å². The Bertz CT molecular complexity index is 637. The predicted octanol–water partition coefficient (Wildman–Crippen LogP) is 2.04. The minimum absolute atomic E-state index is 0.508. The third-order valence-corrected chi connectivity index (χ3v) is 3.44. The molecule has 2 aromatic rings. The van der Waals surface area contributed by atoms with Gasteiger partial charge in [-0.3, -0.25) is 0 Å². The van der Waals surface area contributed by atoms with Crippen LogP contribution in [0.4, 0.5) is 11.6 Å². The summed E-state index contributed by atoms with van der Waals surface area (Å²) < 4.78 is 1.99. The number of nitrogens with zero attached hydrogens (tertiary/aromatic N) is 5. The Kier molecular flexibility index (Phi) is 3.42. The van der Waals surface area contributed by atoms with Gasteiger partial charge in [0.2, 0.25) is 0 Å². The van der Waals surface area contributed by atoms with E-state index in [9.17, 15) is 0 Å².